The first kappa shape index (κ1) is 19.2. The molecule has 20 heavy (non-hydrogen) atoms. The average Bonchev–Trinajstić information content (AvgIpc) is 2.28. The van der Waals surface area contributed by atoms with Crippen LogP contribution >= 0.6 is 0 Å². The van der Waals surface area contributed by atoms with Crippen molar-refractivity contribution in [2.24, 2.45) is 0 Å². The van der Waals surface area contributed by atoms with Gasteiger partial charge in [-0.3, -0.25) is 4.79 Å². The minimum atomic E-state index is -4.85. The first-order valence-electron chi connectivity index (χ1n) is 5.27. The fourth-order valence-corrected chi connectivity index (χ4v) is 1.72. The molecule has 0 radical (unpaired) electrons. The summed E-state index contributed by atoms with van der Waals surface area (Å²) in [6, 6.07) is 4.36. The molecule has 0 aliphatic carbocycles. The topological polar surface area (TPSA) is 102 Å². The number of carbonyl (C=O) groups is 1. The zero-order valence-corrected chi connectivity index (χ0v) is 14.2. The van der Waals surface area contributed by atoms with E-state index in [0.29, 0.717) is 6.42 Å². The number of carbonyl (C=O) groups excluding carboxylic acids is 1. The normalized spacial score (nSPS) is 10.3. The molecule has 0 aliphatic rings. The Kier molecular flexibility index (Phi) is 8.14. The predicted molar refractivity (Wildman–Crippen MR) is 63.7 cm³/mol. The summed E-state index contributed by atoms with van der Waals surface area (Å²) in [5.74, 6) is -0.460. The van der Waals surface area contributed by atoms with Crippen LogP contribution in [0.5, 0.6) is 11.5 Å². The van der Waals surface area contributed by atoms with Crippen molar-refractivity contribution in [3.05, 3.63) is 23.8 Å². The average molecular weight is 312 g/mol. The van der Waals surface area contributed by atoms with Crippen LogP contribution in [0.3, 0.4) is 0 Å². The van der Waals surface area contributed by atoms with Crippen LogP contribution in [0.15, 0.2) is 18.2 Å². The maximum Gasteiger partial charge on any atom is 1.00 e. The van der Waals surface area contributed by atoms with Gasteiger partial charge in [-0.15, -0.1) is 0 Å². The largest absolute Gasteiger partial charge is 1.00 e. The third-order valence-electron chi connectivity index (χ3n) is 2.12. The Labute approximate surface area is 139 Å². The first-order chi connectivity index (χ1) is 8.81. The minimum Gasteiger partial charge on any atom is -0.716 e. The molecule has 0 atom stereocenters. The molecule has 0 spiro atoms. The van der Waals surface area contributed by atoms with Gasteiger partial charge in [0, 0.05) is 13.3 Å². The number of rotatable bonds is 6. The van der Waals surface area contributed by atoms with E-state index in [2.05, 4.69) is 4.18 Å². The molecule has 9 heteroatoms. The number of methoxy groups -OCH3 is 1. The Balaban J connectivity index is 0.00000361. The van der Waals surface area contributed by atoms with E-state index in [-0.39, 0.29) is 53.6 Å². The van der Waals surface area contributed by atoms with Gasteiger partial charge in [-0.05, 0) is 17.7 Å². The second-order valence-electron chi connectivity index (χ2n) is 3.57. The number of esters is 1. The zero-order chi connectivity index (χ0) is 14.5. The molecule has 106 valence electrons. The SMILES string of the molecule is COc1cc(CCOC(C)=O)ccc1OS(=O)(=O)[O-].[Na+]. The molecule has 0 unspecified atom stereocenters. The second-order valence-corrected chi connectivity index (χ2v) is 4.55. The van der Waals surface area contributed by atoms with Crippen molar-refractivity contribution in [3.8, 4) is 11.5 Å². The Morgan fingerprint density at radius 1 is 1.30 bits per heavy atom. The Bertz CT molecular complexity index is 556. The van der Waals surface area contributed by atoms with Crippen LogP contribution in [0.4, 0.5) is 0 Å². The zero-order valence-electron chi connectivity index (χ0n) is 11.4. The molecule has 0 saturated carbocycles. The molecule has 0 aromatic heterocycles. The van der Waals surface area contributed by atoms with Gasteiger partial charge in [-0.1, -0.05) is 6.07 Å². The van der Waals surface area contributed by atoms with Crippen LogP contribution in [0.25, 0.3) is 0 Å². The van der Waals surface area contributed by atoms with Crippen LogP contribution in [-0.4, -0.2) is 32.7 Å². The number of hydrogen-bond donors (Lipinski definition) is 0. The summed E-state index contributed by atoms with van der Waals surface area (Å²) < 4.78 is 45.5. The van der Waals surface area contributed by atoms with Gasteiger partial charge in [0.2, 0.25) is 0 Å². The van der Waals surface area contributed by atoms with E-state index in [9.17, 15) is 17.8 Å². The maximum atomic E-state index is 10.6. The Morgan fingerprint density at radius 3 is 2.45 bits per heavy atom. The van der Waals surface area contributed by atoms with Crippen LogP contribution in [0.1, 0.15) is 12.5 Å². The summed E-state index contributed by atoms with van der Waals surface area (Å²) in [7, 11) is -3.54. The summed E-state index contributed by atoms with van der Waals surface area (Å²) >= 11 is 0. The van der Waals surface area contributed by atoms with E-state index in [1.165, 1.54) is 26.2 Å². The van der Waals surface area contributed by atoms with Crippen molar-refractivity contribution in [2.75, 3.05) is 13.7 Å². The van der Waals surface area contributed by atoms with Crippen molar-refractivity contribution < 1.29 is 61.0 Å². The molecule has 0 N–H and O–H groups in total. The summed E-state index contributed by atoms with van der Waals surface area (Å²) in [6.45, 7) is 1.50. The van der Waals surface area contributed by atoms with Crippen molar-refractivity contribution in [2.45, 2.75) is 13.3 Å². The third kappa shape index (κ3) is 7.11. The molecule has 0 heterocycles. The molecule has 1 rings (SSSR count). The quantitative estimate of drug-likeness (QED) is 0.251. The van der Waals surface area contributed by atoms with Gasteiger partial charge >= 0.3 is 35.5 Å². The van der Waals surface area contributed by atoms with Gasteiger partial charge in [0.1, 0.15) is 0 Å². The second kappa shape index (κ2) is 8.48. The van der Waals surface area contributed by atoms with E-state index in [0.717, 1.165) is 5.56 Å². The van der Waals surface area contributed by atoms with Crippen molar-refractivity contribution in [1.82, 2.24) is 0 Å². The fourth-order valence-electron chi connectivity index (χ4n) is 1.36. The smallest absolute Gasteiger partial charge is 0.716 e. The van der Waals surface area contributed by atoms with E-state index in [1.807, 2.05) is 0 Å². The van der Waals surface area contributed by atoms with Gasteiger partial charge in [0.25, 0.3) is 10.4 Å². The molecule has 0 fully saturated rings. The van der Waals surface area contributed by atoms with Crippen LogP contribution in [0.2, 0.25) is 0 Å². The molecular formula is C11H13NaO7S. The number of benzene rings is 1. The Hall–Kier alpha value is -0.800. The molecule has 0 bridgehead atoms. The van der Waals surface area contributed by atoms with E-state index < -0.39 is 10.4 Å². The minimum absolute atomic E-state index is 0. The molecular weight excluding hydrogens is 299 g/mol. The van der Waals surface area contributed by atoms with Gasteiger partial charge in [0.15, 0.2) is 11.5 Å². The van der Waals surface area contributed by atoms with Gasteiger partial charge in [-0.2, -0.15) is 0 Å². The Morgan fingerprint density at radius 2 is 1.95 bits per heavy atom. The standard InChI is InChI=1S/C11H14O7S.Na/c1-8(12)17-6-5-9-3-4-10(11(7-9)16-2)18-19(13,14)15;/h3-4,7H,5-6H2,1-2H3,(H,13,14,15);/q;+1/p-1. The summed E-state index contributed by atoms with van der Waals surface area (Å²) in [4.78, 5) is 10.6. The third-order valence-corrected chi connectivity index (χ3v) is 2.50. The number of ether oxygens (including phenoxy) is 2. The summed E-state index contributed by atoms with van der Waals surface area (Å²) in [5.41, 5.74) is 0.744. The van der Waals surface area contributed by atoms with Gasteiger partial charge in [-0.25, -0.2) is 8.42 Å². The van der Waals surface area contributed by atoms with Crippen molar-refractivity contribution in [1.29, 1.82) is 0 Å². The van der Waals surface area contributed by atoms with Crippen LogP contribution in [-0.2, 0) is 26.4 Å². The fraction of sp³-hybridized carbons (Fsp3) is 0.364. The number of hydrogen-bond acceptors (Lipinski definition) is 7. The van der Waals surface area contributed by atoms with Crippen LogP contribution in [0, 0.1) is 0 Å². The molecule has 0 saturated heterocycles. The van der Waals surface area contributed by atoms with Crippen LogP contribution < -0.4 is 38.5 Å². The molecule has 0 amide bonds. The summed E-state index contributed by atoms with van der Waals surface area (Å²) in [6.07, 6.45) is 0.431. The van der Waals surface area contributed by atoms with E-state index in [4.69, 9.17) is 9.47 Å². The predicted octanol–water partition coefficient (Wildman–Crippen LogP) is -2.36. The van der Waals surface area contributed by atoms with E-state index in [1.54, 1.807) is 6.07 Å². The molecule has 1 aromatic rings. The molecule has 1 aromatic carbocycles. The van der Waals surface area contributed by atoms with Gasteiger partial charge in [0.05, 0.1) is 13.7 Å². The molecule has 7 nitrogen and oxygen atoms in total. The molecule has 0 aliphatic heterocycles. The van der Waals surface area contributed by atoms with E-state index >= 15 is 0 Å². The monoisotopic (exact) mass is 312 g/mol. The van der Waals surface area contributed by atoms with Crippen molar-refractivity contribution in [3.63, 3.8) is 0 Å². The van der Waals surface area contributed by atoms with Gasteiger partial charge < -0.3 is 18.2 Å². The first-order valence-corrected chi connectivity index (χ1v) is 6.61. The van der Waals surface area contributed by atoms with Crippen molar-refractivity contribution >= 4 is 16.4 Å². The summed E-state index contributed by atoms with van der Waals surface area (Å²) in [5, 5.41) is 0. The maximum absolute atomic E-state index is 10.6.